The summed E-state index contributed by atoms with van der Waals surface area (Å²) in [5, 5.41) is 0. The molecule has 0 fully saturated rings. The lowest BCUT2D eigenvalue weighted by Gasteiger charge is -2.09. The SMILES string of the molecule is Cc1nc2ccc(-c3cc(N)nc(N)c3)nc2n1CCOc1cccc(N)n1. The molecule has 4 heterocycles. The third-order valence-corrected chi connectivity index (χ3v) is 4.25. The van der Waals surface area contributed by atoms with Gasteiger partial charge < -0.3 is 26.5 Å². The first-order valence-electron chi connectivity index (χ1n) is 8.72. The first-order valence-corrected chi connectivity index (χ1v) is 8.72. The van der Waals surface area contributed by atoms with Crippen molar-refractivity contribution in [2.24, 2.45) is 0 Å². The summed E-state index contributed by atoms with van der Waals surface area (Å²) in [6.45, 7) is 2.90. The van der Waals surface area contributed by atoms with E-state index in [0.29, 0.717) is 36.5 Å². The minimum absolute atomic E-state index is 0.351. The molecule has 0 aliphatic heterocycles. The third-order valence-electron chi connectivity index (χ3n) is 4.25. The fourth-order valence-corrected chi connectivity index (χ4v) is 3.02. The summed E-state index contributed by atoms with van der Waals surface area (Å²) >= 11 is 0. The molecule has 9 nitrogen and oxygen atoms in total. The summed E-state index contributed by atoms with van der Waals surface area (Å²) in [6.07, 6.45) is 0. The van der Waals surface area contributed by atoms with E-state index in [2.05, 4.69) is 15.0 Å². The zero-order chi connectivity index (χ0) is 19.7. The van der Waals surface area contributed by atoms with Crippen LogP contribution in [0.5, 0.6) is 5.88 Å². The zero-order valence-electron chi connectivity index (χ0n) is 15.3. The smallest absolute Gasteiger partial charge is 0.215 e. The van der Waals surface area contributed by atoms with Crippen LogP contribution in [0.1, 0.15) is 5.82 Å². The van der Waals surface area contributed by atoms with E-state index in [1.54, 1.807) is 30.3 Å². The molecular weight excluding hydrogens is 356 g/mol. The highest BCUT2D eigenvalue weighted by Crippen LogP contribution is 2.24. The fourth-order valence-electron chi connectivity index (χ4n) is 3.02. The maximum atomic E-state index is 5.81. The number of pyridine rings is 3. The standard InChI is InChI=1S/C19H20N8O/c1-11-23-14-6-5-13(12-9-16(21)25-17(22)10-12)24-19(14)27(11)7-8-28-18-4-2-3-15(20)26-18/h2-6,9-10H,7-8H2,1H3,(H2,20,26)(H4,21,22,25). The molecule has 0 bridgehead atoms. The van der Waals surface area contributed by atoms with Crippen LogP contribution >= 0.6 is 0 Å². The summed E-state index contributed by atoms with van der Waals surface area (Å²) in [5.41, 5.74) is 20.4. The van der Waals surface area contributed by atoms with Gasteiger partial charge in [0.2, 0.25) is 5.88 Å². The molecule has 0 atom stereocenters. The molecule has 0 aromatic carbocycles. The van der Waals surface area contributed by atoms with Gasteiger partial charge in [0.25, 0.3) is 0 Å². The van der Waals surface area contributed by atoms with Gasteiger partial charge in [0.05, 0.1) is 12.2 Å². The Kier molecular flexibility index (Phi) is 4.40. The van der Waals surface area contributed by atoms with E-state index >= 15 is 0 Å². The van der Waals surface area contributed by atoms with Crippen molar-refractivity contribution in [3.05, 3.63) is 48.3 Å². The van der Waals surface area contributed by atoms with Crippen LogP contribution in [0.3, 0.4) is 0 Å². The van der Waals surface area contributed by atoms with Crippen molar-refractivity contribution in [3.63, 3.8) is 0 Å². The second kappa shape index (κ2) is 7.03. The Labute approximate surface area is 161 Å². The molecule has 0 radical (unpaired) electrons. The molecule has 0 amide bonds. The Bertz CT molecular complexity index is 1130. The predicted molar refractivity (Wildman–Crippen MR) is 108 cm³/mol. The van der Waals surface area contributed by atoms with E-state index < -0.39 is 0 Å². The van der Waals surface area contributed by atoms with E-state index in [-0.39, 0.29) is 0 Å². The van der Waals surface area contributed by atoms with Crippen LogP contribution < -0.4 is 21.9 Å². The molecule has 4 rings (SSSR count). The molecule has 0 aliphatic carbocycles. The lowest BCUT2D eigenvalue weighted by atomic mass is 10.1. The van der Waals surface area contributed by atoms with Gasteiger partial charge in [-0.1, -0.05) is 6.07 Å². The van der Waals surface area contributed by atoms with Gasteiger partial charge >= 0.3 is 0 Å². The second-order valence-corrected chi connectivity index (χ2v) is 6.30. The maximum Gasteiger partial charge on any atom is 0.215 e. The Hall–Kier alpha value is -3.88. The van der Waals surface area contributed by atoms with Crippen LogP contribution in [0.2, 0.25) is 0 Å². The van der Waals surface area contributed by atoms with Gasteiger partial charge in [0.1, 0.15) is 35.4 Å². The monoisotopic (exact) mass is 376 g/mol. The van der Waals surface area contributed by atoms with Crippen LogP contribution in [0.4, 0.5) is 17.5 Å². The van der Waals surface area contributed by atoms with Gasteiger partial charge in [-0.15, -0.1) is 0 Å². The molecule has 142 valence electrons. The molecule has 28 heavy (non-hydrogen) atoms. The number of nitrogen functional groups attached to an aromatic ring is 3. The minimum atomic E-state index is 0.351. The minimum Gasteiger partial charge on any atom is -0.476 e. The van der Waals surface area contributed by atoms with Crippen molar-refractivity contribution in [1.29, 1.82) is 0 Å². The average molecular weight is 376 g/mol. The largest absolute Gasteiger partial charge is 0.476 e. The Morgan fingerprint density at radius 3 is 2.43 bits per heavy atom. The van der Waals surface area contributed by atoms with Crippen molar-refractivity contribution in [2.75, 3.05) is 23.8 Å². The van der Waals surface area contributed by atoms with Gasteiger partial charge in [-0.25, -0.2) is 15.0 Å². The van der Waals surface area contributed by atoms with Gasteiger partial charge in [0, 0.05) is 11.6 Å². The second-order valence-electron chi connectivity index (χ2n) is 6.30. The van der Waals surface area contributed by atoms with E-state index in [0.717, 1.165) is 28.2 Å². The predicted octanol–water partition coefficient (Wildman–Crippen LogP) is 2.02. The van der Waals surface area contributed by atoms with Gasteiger partial charge in [-0.05, 0) is 37.3 Å². The Morgan fingerprint density at radius 2 is 1.68 bits per heavy atom. The van der Waals surface area contributed by atoms with Crippen LogP contribution in [0.25, 0.3) is 22.4 Å². The Balaban J connectivity index is 1.62. The molecule has 0 saturated carbocycles. The van der Waals surface area contributed by atoms with Crippen molar-refractivity contribution in [2.45, 2.75) is 13.5 Å². The number of nitrogens with two attached hydrogens (primary N) is 3. The fraction of sp³-hybridized carbons (Fsp3) is 0.158. The van der Waals surface area contributed by atoms with E-state index in [9.17, 15) is 0 Å². The normalized spacial score (nSPS) is 11.0. The first-order chi connectivity index (χ1) is 13.5. The zero-order valence-corrected chi connectivity index (χ0v) is 15.3. The number of fused-ring (bicyclic) bond motifs is 1. The van der Waals surface area contributed by atoms with Gasteiger partial charge in [0.15, 0.2) is 5.65 Å². The quantitative estimate of drug-likeness (QED) is 0.480. The number of hydrogen-bond acceptors (Lipinski definition) is 8. The number of aryl methyl sites for hydroxylation is 1. The molecule has 4 aromatic heterocycles. The van der Waals surface area contributed by atoms with Gasteiger partial charge in [-0.3, -0.25) is 0 Å². The number of ether oxygens (including phenoxy) is 1. The van der Waals surface area contributed by atoms with E-state index in [1.165, 1.54) is 0 Å². The number of hydrogen-bond donors (Lipinski definition) is 3. The molecule has 4 aromatic rings. The molecule has 6 N–H and O–H groups in total. The van der Waals surface area contributed by atoms with Crippen molar-refractivity contribution >= 4 is 28.6 Å². The lowest BCUT2D eigenvalue weighted by molar-refractivity contribution is 0.288. The van der Waals surface area contributed by atoms with Crippen LogP contribution in [-0.4, -0.2) is 31.1 Å². The van der Waals surface area contributed by atoms with Crippen molar-refractivity contribution in [3.8, 4) is 17.1 Å². The molecule has 0 saturated heterocycles. The van der Waals surface area contributed by atoms with Crippen molar-refractivity contribution in [1.82, 2.24) is 24.5 Å². The van der Waals surface area contributed by atoms with Crippen LogP contribution in [-0.2, 0) is 6.54 Å². The molecular formula is C19H20N8O. The number of anilines is 3. The van der Waals surface area contributed by atoms with Gasteiger partial charge in [-0.2, -0.15) is 4.98 Å². The highest BCUT2D eigenvalue weighted by Gasteiger charge is 2.12. The number of nitrogens with zero attached hydrogens (tertiary/aromatic N) is 5. The van der Waals surface area contributed by atoms with Crippen LogP contribution in [0.15, 0.2) is 42.5 Å². The Morgan fingerprint density at radius 1 is 0.893 bits per heavy atom. The number of imidazole rings is 1. The third kappa shape index (κ3) is 3.50. The summed E-state index contributed by atoms with van der Waals surface area (Å²) in [7, 11) is 0. The number of aromatic nitrogens is 5. The molecule has 0 unspecified atom stereocenters. The number of rotatable bonds is 5. The highest BCUT2D eigenvalue weighted by molar-refractivity contribution is 5.77. The summed E-state index contributed by atoms with van der Waals surface area (Å²) in [6, 6.07) is 12.6. The summed E-state index contributed by atoms with van der Waals surface area (Å²) in [4.78, 5) is 17.5. The summed E-state index contributed by atoms with van der Waals surface area (Å²) < 4.78 is 7.70. The maximum absolute atomic E-state index is 5.81. The topological polar surface area (TPSA) is 144 Å². The van der Waals surface area contributed by atoms with Crippen molar-refractivity contribution < 1.29 is 4.74 Å². The lowest BCUT2D eigenvalue weighted by Crippen LogP contribution is -2.11. The van der Waals surface area contributed by atoms with Crippen LogP contribution in [0, 0.1) is 6.92 Å². The molecule has 9 heteroatoms. The van der Waals surface area contributed by atoms with E-state index in [1.807, 2.05) is 23.6 Å². The molecule has 0 spiro atoms. The molecule has 0 aliphatic rings. The first kappa shape index (κ1) is 17.5. The summed E-state index contributed by atoms with van der Waals surface area (Å²) in [5.74, 6) is 2.45. The van der Waals surface area contributed by atoms with E-state index in [4.69, 9.17) is 26.9 Å². The highest BCUT2D eigenvalue weighted by atomic mass is 16.5. The average Bonchev–Trinajstić information content (AvgIpc) is 2.96.